The lowest BCUT2D eigenvalue weighted by molar-refractivity contribution is 0.0601. The highest BCUT2D eigenvalue weighted by molar-refractivity contribution is 7.80. The number of nitrogens with one attached hydrogen (secondary N) is 2. The SMILES string of the molecule is COC(=O)c1sc(NC(=S)Nc2ccccc2F)c(C(=O)OC)c1C. The Labute approximate surface area is 152 Å². The molecular weight excluding hydrogens is 367 g/mol. The zero-order valence-electron chi connectivity index (χ0n) is 13.6. The van der Waals surface area contributed by atoms with Gasteiger partial charge in [0.05, 0.1) is 25.5 Å². The van der Waals surface area contributed by atoms with Gasteiger partial charge in [-0.15, -0.1) is 11.3 Å². The van der Waals surface area contributed by atoms with Crippen molar-refractivity contribution in [2.24, 2.45) is 0 Å². The van der Waals surface area contributed by atoms with E-state index in [1.54, 1.807) is 19.1 Å². The van der Waals surface area contributed by atoms with E-state index < -0.39 is 17.8 Å². The van der Waals surface area contributed by atoms with E-state index >= 15 is 0 Å². The molecule has 1 heterocycles. The predicted octanol–water partition coefficient (Wildman–Crippen LogP) is 3.58. The van der Waals surface area contributed by atoms with Gasteiger partial charge in [-0.1, -0.05) is 12.1 Å². The van der Waals surface area contributed by atoms with Crippen molar-refractivity contribution in [1.82, 2.24) is 0 Å². The van der Waals surface area contributed by atoms with E-state index in [4.69, 9.17) is 21.7 Å². The quantitative estimate of drug-likeness (QED) is 0.618. The number of anilines is 2. The van der Waals surface area contributed by atoms with Crippen LogP contribution in [0.1, 0.15) is 25.6 Å². The summed E-state index contributed by atoms with van der Waals surface area (Å²) in [5, 5.41) is 5.87. The molecule has 2 N–H and O–H groups in total. The molecule has 2 rings (SSSR count). The fourth-order valence-electron chi connectivity index (χ4n) is 2.06. The first-order chi connectivity index (χ1) is 11.9. The van der Waals surface area contributed by atoms with Gasteiger partial charge < -0.3 is 20.1 Å². The molecule has 0 aliphatic rings. The highest BCUT2D eigenvalue weighted by Gasteiger charge is 2.26. The van der Waals surface area contributed by atoms with Gasteiger partial charge in [0, 0.05) is 0 Å². The lowest BCUT2D eigenvalue weighted by Gasteiger charge is -2.11. The number of carbonyl (C=O) groups excluding carboxylic acids is 2. The first-order valence-corrected chi connectivity index (χ1v) is 8.24. The van der Waals surface area contributed by atoms with Gasteiger partial charge >= 0.3 is 11.9 Å². The number of hydrogen-bond acceptors (Lipinski definition) is 6. The monoisotopic (exact) mass is 382 g/mol. The minimum Gasteiger partial charge on any atom is -0.465 e. The summed E-state index contributed by atoms with van der Waals surface area (Å²) in [6.45, 7) is 1.60. The van der Waals surface area contributed by atoms with E-state index in [1.165, 1.54) is 26.4 Å². The first-order valence-electron chi connectivity index (χ1n) is 7.01. The van der Waals surface area contributed by atoms with Gasteiger partial charge in [0.15, 0.2) is 5.11 Å². The number of para-hydroxylation sites is 1. The maximum absolute atomic E-state index is 13.7. The van der Waals surface area contributed by atoms with Gasteiger partial charge in [0.25, 0.3) is 0 Å². The van der Waals surface area contributed by atoms with E-state index in [9.17, 15) is 14.0 Å². The Balaban J connectivity index is 2.31. The lowest BCUT2D eigenvalue weighted by Crippen LogP contribution is -2.20. The van der Waals surface area contributed by atoms with Crippen molar-refractivity contribution in [3.8, 4) is 0 Å². The van der Waals surface area contributed by atoms with E-state index in [1.807, 2.05) is 0 Å². The van der Waals surface area contributed by atoms with Crippen LogP contribution in [-0.2, 0) is 9.47 Å². The van der Waals surface area contributed by atoms with E-state index in [0.29, 0.717) is 10.6 Å². The number of methoxy groups -OCH3 is 2. The molecule has 0 saturated carbocycles. The Kier molecular flexibility index (Phi) is 6.05. The standard InChI is InChI=1S/C16H15FN2O4S2/c1-8-11(14(20)22-2)13(25-12(8)15(21)23-3)19-16(24)18-10-7-5-4-6-9(10)17/h4-7H,1-3H3,(H2,18,19,24). The van der Waals surface area contributed by atoms with Crippen LogP contribution in [0.25, 0.3) is 0 Å². The molecule has 0 aliphatic heterocycles. The highest BCUT2D eigenvalue weighted by atomic mass is 32.1. The number of hydrogen-bond donors (Lipinski definition) is 2. The Morgan fingerprint density at radius 1 is 1.12 bits per heavy atom. The number of carbonyl (C=O) groups is 2. The molecule has 25 heavy (non-hydrogen) atoms. The van der Waals surface area contributed by atoms with Crippen LogP contribution in [0.3, 0.4) is 0 Å². The molecule has 0 atom stereocenters. The smallest absolute Gasteiger partial charge is 0.348 e. The van der Waals surface area contributed by atoms with Crippen molar-refractivity contribution in [1.29, 1.82) is 0 Å². The molecule has 0 unspecified atom stereocenters. The fraction of sp³-hybridized carbons (Fsp3) is 0.188. The van der Waals surface area contributed by atoms with Crippen LogP contribution in [0.15, 0.2) is 24.3 Å². The number of ether oxygens (including phenoxy) is 2. The fourth-order valence-corrected chi connectivity index (χ4v) is 3.45. The average Bonchev–Trinajstić information content (AvgIpc) is 2.91. The van der Waals surface area contributed by atoms with Gasteiger partial charge in [-0.3, -0.25) is 0 Å². The summed E-state index contributed by atoms with van der Waals surface area (Å²) in [5.41, 5.74) is 0.770. The third-order valence-electron chi connectivity index (χ3n) is 3.26. The zero-order chi connectivity index (χ0) is 18.6. The normalized spacial score (nSPS) is 10.1. The molecule has 2 aromatic rings. The van der Waals surface area contributed by atoms with Crippen LogP contribution in [0.2, 0.25) is 0 Å². The zero-order valence-corrected chi connectivity index (χ0v) is 15.3. The second-order valence-electron chi connectivity index (χ2n) is 4.80. The van der Waals surface area contributed by atoms with E-state index in [0.717, 1.165) is 11.3 Å². The first kappa shape index (κ1) is 18.8. The average molecular weight is 382 g/mol. The minimum absolute atomic E-state index is 0.0629. The van der Waals surface area contributed by atoms with E-state index in [2.05, 4.69) is 10.6 Å². The second kappa shape index (κ2) is 8.04. The van der Waals surface area contributed by atoms with Crippen molar-refractivity contribution in [2.75, 3.05) is 24.9 Å². The highest BCUT2D eigenvalue weighted by Crippen LogP contribution is 2.34. The number of thiophene rings is 1. The third-order valence-corrected chi connectivity index (χ3v) is 4.65. The van der Waals surface area contributed by atoms with Crippen molar-refractivity contribution >= 4 is 51.3 Å². The van der Waals surface area contributed by atoms with Crippen LogP contribution >= 0.6 is 23.6 Å². The molecule has 132 valence electrons. The van der Waals surface area contributed by atoms with Crippen molar-refractivity contribution in [3.63, 3.8) is 0 Å². The minimum atomic E-state index is -0.625. The summed E-state index contributed by atoms with van der Waals surface area (Å²) in [7, 11) is 2.48. The third kappa shape index (κ3) is 4.12. The molecule has 0 bridgehead atoms. The summed E-state index contributed by atoms with van der Waals surface area (Å²) in [6, 6.07) is 6.01. The van der Waals surface area contributed by atoms with Crippen molar-refractivity contribution < 1.29 is 23.5 Å². The number of thiocarbonyl (C=S) groups is 1. The summed E-state index contributed by atoms with van der Waals surface area (Å²) in [6.07, 6.45) is 0. The maximum atomic E-state index is 13.7. The van der Waals surface area contributed by atoms with Crippen LogP contribution in [0, 0.1) is 12.7 Å². The molecule has 0 fully saturated rings. The summed E-state index contributed by atoms with van der Waals surface area (Å²) < 4.78 is 23.2. The molecule has 0 amide bonds. The molecular formula is C16H15FN2O4S2. The Bertz CT molecular complexity index is 836. The van der Waals surface area contributed by atoms with Gasteiger partial charge in [0.2, 0.25) is 0 Å². The van der Waals surface area contributed by atoms with Gasteiger partial charge in [0.1, 0.15) is 15.7 Å². The Morgan fingerprint density at radius 2 is 1.76 bits per heavy atom. The largest absolute Gasteiger partial charge is 0.465 e. The lowest BCUT2D eigenvalue weighted by atomic mass is 10.1. The molecule has 0 radical (unpaired) electrons. The van der Waals surface area contributed by atoms with Crippen molar-refractivity contribution in [3.05, 3.63) is 46.1 Å². The van der Waals surface area contributed by atoms with Gasteiger partial charge in [-0.25, -0.2) is 14.0 Å². The van der Waals surface area contributed by atoms with Gasteiger partial charge in [-0.2, -0.15) is 0 Å². The Hall–Kier alpha value is -2.52. The Morgan fingerprint density at radius 3 is 2.36 bits per heavy atom. The summed E-state index contributed by atoms with van der Waals surface area (Å²) in [4.78, 5) is 24.1. The maximum Gasteiger partial charge on any atom is 0.348 e. The topological polar surface area (TPSA) is 76.7 Å². The molecule has 9 heteroatoms. The molecule has 1 aromatic heterocycles. The number of benzene rings is 1. The van der Waals surface area contributed by atoms with Crippen LogP contribution in [0.5, 0.6) is 0 Å². The number of halogens is 1. The number of esters is 2. The molecule has 6 nitrogen and oxygen atoms in total. The molecule has 0 aliphatic carbocycles. The number of rotatable bonds is 4. The molecule has 0 saturated heterocycles. The summed E-state index contributed by atoms with van der Waals surface area (Å²) in [5.74, 6) is -1.67. The second-order valence-corrected chi connectivity index (χ2v) is 6.23. The molecule has 0 spiro atoms. The predicted molar refractivity (Wildman–Crippen MR) is 98.0 cm³/mol. The summed E-state index contributed by atoms with van der Waals surface area (Å²) >= 11 is 6.15. The van der Waals surface area contributed by atoms with Crippen LogP contribution < -0.4 is 10.6 Å². The van der Waals surface area contributed by atoms with Crippen LogP contribution in [-0.4, -0.2) is 31.3 Å². The van der Waals surface area contributed by atoms with E-state index in [-0.39, 0.29) is 21.2 Å². The molecule has 1 aromatic carbocycles. The van der Waals surface area contributed by atoms with Crippen molar-refractivity contribution in [2.45, 2.75) is 6.92 Å². The van der Waals surface area contributed by atoms with Gasteiger partial charge in [-0.05, 0) is 36.8 Å². The van der Waals surface area contributed by atoms with Crippen LogP contribution in [0.4, 0.5) is 15.1 Å².